The van der Waals surface area contributed by atoms with Gasteiger partial charge in [0.15, 0.2) is 0 Å². The molecule has 0 amide bonds. The molecule has 0 spiro atoms. The molecule has 20 heavy (non-hydrogen) atoms. The minimum Gasteiger partial charge on any atom is -0.488 e. The number of aliphatic hydroxyl groups is 1. The van der Waals surface area contributed by atoms with Gasteiger partial charge in [0, 0.05) is 11.8 Å². The zero-order valence-electron chi connectivity index (χ0n) is 11.4. The molecule has 3 rings (SSSR count). The van der Waals surface area contributed by atoms with Crippen LogP contribution in [0.5, 0.6) is 11.6 Å². The Labute approximate surface area is 118 Å². The van der Waals surface area contributed by atoms with Crippen molar-refractivity contribution < 1.29 is 14.6 Å². The van der Waals surface area contributed by atoms with Crippen molar-refractivity contribution in [2.75, 3.05) is 7.11 Å². The van der Waals surface area contributed by atoms with E-state index in [9.17, 15) is 5.11 Å². The van der Waals surface area contributed by atoms with Crippen LogP contribution in [-0.4, -0.2) is 17.2 Å². The van der Waals surface area contributed by atoms with E-state index in [1.807, 2.05) is 30.3 Å². The zero-order chi connectivity index (χ0) is 13.9. The van der Waals surface area contributed by atoms with Crippen LogP contribution in [0.3, 0.4) is 0 Å². The van der Waals surface area contributed by atoms with Gasteiger partial charge in [0.25, 0.3) is 0 Å². The molecule has 1 aromatic carbocycles. The van der Waals surface area contributed by atoms with Crippen molar-refractivity contribution in [2.24, 2.45) is 0 Å². The molecule has 0 radical (unpaired) electrons. The number of hydrogen-bond acceptors (Lipinski definition) is 4. The fourth-order valence-corrected chi connectivity index (χ4v) is 2.61. The van der Waals surface area contributed by atoms with E-state index in [0.29, 0.717) is 12.5 Å². The molecule has 0 fully saturated rings. The Morgan fingerprint density at radius 3 is 3.05 bits per heavy atom. The summed E-state index contributed by atoms with van der Waals surface area (Å²) >= 11 is 0. The maximum absolute atomic E-state index is 9.89. The third-order valence-electron chi connectivity index (χ3n) is 3.62. The molecule has 4 nitrogen and oxygen atoms in total. The van der Waals surface area contributed by atoms with Crippen molar-refractivity contribution in [3.05, 3.63) is 53.2 Å². The number of hydrogen-bond donors (Lipinski definition) is 1. The van der Waals surface area contributed by atoms with Gasteiger partial charge in [0.05, 0.1) is 18.8 Å². The second-order valence-electron chi connectivity index (χ2n) is 4.84. The molecule has 1 N–H and O–H groups in total. The summed E-state index contributed by atoms with van der Waals surface area (Å²) in [7, 11) is 1.60. The third-order valence-corrected chi connectivity index (χ3v) is 3.62. The van der Waals surface area contributed by atoms with E-state index >= 15 is 0 Å². The van der Waals surface area contributed by atoms with Crippen LogP contribution in [0.1, 0.15) is 29.2 Å². The summed E-state index contributed by atoms with van der Waals surface area (Å²) < 4.78 is 11.1. The van der Waals surface area contributed by atoms with Crippen molar-refractivity contribution >= 4 is 0 Å². The Bertz CT molecular complexity index is 612. The lowest BCUT2D eigenvalue weighted by Gasteiger charge is -2.12. The van der Waals surface area contributed by atoms with Crippen molar-refractivity contribution in [1.29, 1.82) is 0 Å². The third kappa shape index (κ3) is 2.34. The number of aliphatic hydroxyl groups excluding tert-OH is 1. The first kappa shape index (κ1) is 12.9. The van der Waals surface area contributed by atoms with E-state index in [4.69, 9.17) is 9.47 Å². The van der Waals surface area contributed by atoms with Crippen LogP contribution in [0, 0.1) is 0 Å². The molecule has 1 aromatic heterocycles. The van der Waals surface area contributed by atoms with Gasteiger partial charge in [-0.05, 0) is 36.6 Å². The van der Waals surface area contributed by atoms with Gasteiger partial charge in [-0.15, -0.1) is 0 Å². The number of benzene rings is 1. The highest BCUT2D eigenvalue weighted by atomic mass is 16.5. The van der Waals surface area contributed by atoms with Crippen LogP contribution in [0.2, 0.25) is 0 Å². The van der Waals surface area contributed by atoms with Crippen molar-refractivity contribution in [3.63, 3.8) is 0 Å². The van der Waals surface area contributed by atoms with Gasteiger partial charge in [-0.2, -0.15) is 0 Å². The van der Waals surface area contributed by atoms with Crippen LogP contribution in [-0.2, 0) is 13.0 Å². The Hall–Kier alpha value is -2.07. The Morgan fingerprint density at radius 2 is 2.20 bits per heavy atom. The minimum absolute atomic E-state index is 0.360. The fourth-order valence-electron chi connectivity index (χ4n) is 2.61. The monoisotopic (exact) mass is 271 g/mol. The highest BCUT2D eigenvalue weighted by Gasteiger charge is 2.23. The topological polar surface area (TPSA) is 51.6 Å². The number of ether oxygens (including phenoxy) is 2. The second kappa shape index (κ2) is 5.51. The molecule has 104 valence electrons. The van der Waals surface area contributed by atoms with Crippen LogP contribution in [0.25, 0.3) is 0 Å². The SMILES string of the molecule is COc1ncccc1COc1cccc2c1CCC2O. The van der Waals surface area contributed by atoms with Gasteiger partial charge >= 0.3 is 0 Å². The van der Waals surface area contributed by atoms with Crippen LogP contribution < -0.4 is 9.47 Å². The molecule has 0 saturated carbocycles. The number of rotatable bonds is 4. The summed E-state index contributed by atoms with van der Waals surface area (Å²) in [6, 6.07) is 9.62. The molecule has 1 atom stereocenters. The van der Waals surface area contributed by atoms with E-state index in [2.05, 4.69) is 4.98 Å². The fraction of sp³-hybridized carbons (Fsp3) is 0.312. The molecule has 1 heterocycles. The first-order valence-electron chi connectivity index (χ1n) is 6.70. The van der Waals surface area contributed by atoms with Gasteiger partial charge in [-0.1, -0.05) is 12.1 Å². The molecule has 0 saturated heterocycles. The average molecular weight is 271 g/mol. The lowest BCUT2D eigenvalue weighted by atomic mass is 10.1. The summed E-state index contributed by atoms with van der Waals surface area (Å²) in [5, 5.41) is 9.89. The van der Waals surface area contributed by atoms with E-state index in [-0.39, 0.29) is 6.10 Å². The summed E-state index contributed by atoms with van der Waals surface area (Å²) in [6.45, 7) is 0.406. The number of pyridine rings is 1. The number of fused-ring (bicyclic) bond motifs is 1. The normalized spacial score (nSPS) is 16.8. The van der Waals surface area contributed by atoms with E-state index < -0.39 is 0 Å². The molecule has 1 aliphatic rings. The number of methoxy groups -OCH3 is 1. The van der Waals surface area contributed by atoms with Crippen molar-refractivity contribution in [1.82, 2.24) is 4.98 Å². The lowest BCUT2D eigenvalue weighted by molar-refractivity contribution is 0.180. The summed E-state index contributed by atoms with van der Waals surface area (Å²) in [4.78, 5) is 4.15. The van der Waals surface area contributed by atoms with E-state index in [0.717, 1.165) is 35.3 Å². The Balaban J connectivity index is 1.80. The van der Waals surface area contributed by atoms with Gasteiger partial charge < -0.3 is 14.6 Å². The largest absolute Gasteiger partial charge is 0.488 e. The molecule has 1 aliphatic carbocycles. The van der Waals surface area contributed by atoms with E-state index in [1.54, 1.807) is 13.3 Å². The Morgan fingerprint density at radius 1 is 1.30 bits per heavy atom. The first-order valence-corrected chi connectivity index (χ1v) is 6.70. The van der Waals surface area contributed by atoms with Gasteiger partial charge in [-0.25, -0.2) is 4.98 Å². The first-order chi connectivity index (χ1) is 9.79. The standard InChI is InChI=1S/C16H17NO3/c1-19-16-11(4-3-9-17-16)10-20-15-6-2-5-12-13(15)7-8-14(12)18/h2-6,9,14,18H,7-8,10H2,1H3. The Kier molecular flexibility index (Phi) is 3.56. The molecular formula is C16H17NO3. The van der Waals surface area contributed by atoms with Crippen molar-refractivity contribution in [3.8, 4) is 11.6 Å². The van der Waals surface area contributed by atoms with Gasteiger partial charge in [0.1, 0.15) is 12.4 Å². The smallest absolute Gasteiger partial charge is 0.219 e. The highest BCUT2D eigenvalue weighted by Crippen LogP contribution is 2.37. The quantitative estimate of drug-likeness (QED) is 0.928. The maximum Gasteiger partial charge on any atom is 0.219 e. The van der Waals surface area contributed by atoms with Crippen molar-refractivity contribution in [2.45, 2.75) is 25.6 Å². The van der Waals surface area contributed by atoms with Crippen LogP contribution in [0.15, 0.2) is 36.5 Å². The molecule has 1 unspecified atom stereocenters. The number of aromatic nitrogens is 1. The predicted molar refractivity (Wildman–Crippen MR) is 74.8 cm³/mol. The molecule has 0 bridgehead atoms. The molecular weight excluding hydrogens is 254 g/mol. The highest BCUT2D eigenvalue weighted by molar-refractivity contribution is 5.44. The zero-order valence-corrected chi connectivity index (χ0v) is 11.4. The van der Waals surface area contributed by atoms with E-state index in [1.165, 1.54) is 0 Å². The van der Waals surface area contributed by atoms with Crippen LogP contribution in [0.4, 0.5) is 0 Å². The second-order valence-corrected chi connectivity index (χ2v) is 4.84. The maximum atomic E-state index is 9.89. The molecule has 0 aliphatic heterocycles. The number of nitrogens with zero attached hydrogens (tertiary/aromatic N) is 1. The minimum atomic E-state index is -0.360. The molecule has 4 heteroatoms. The average Bonchev–Trinajstić information content (AvgIpc) is 2.88. The lowest BCUT2D eigenvalue weighted by Crippen LogP contribution is -2.02. The van der Waals surface area contributed by atoms with Crippen LogP contribution >= 0.6 is 0 Å². The molecule has 2 aromatic rings. The summed E-state index contributed by atoms with van der Waals surface area (Å²) in [5.41, 5.74) is 3.01. The summed E-state index contributed by atoms with van der Waals surface area (Å²) in [5.74, 6) is 1.42. The summed E-state index contributed by atoms with van der Waals surface area (Å²) in [6.07, 6.45) is 2.96. The van der Waals surface area contributed by atoms with Gasteiger partial charge in [-0.3, -0.25) is 0 Å². The van der Waals surface area contributed by atoms with Gasteiger partial charge in [0.2, 0.25) is 5.88 Å². The predicted octanol–water partition coefficient (Wildman–Crippen LogP) is 2.65.